The van der Waals surface area contributed by atoms with Gasteiger partial charge in [0.25, 0.3) is 0 Å². The second-order valence-corrected chi connectivity index (χ2v) is 9.31. The zero-order valence-electron chi connectivity index (χ0n) is 18.7. The van der Waals surface area contributed by atoms with Gasteiger partial charge in [-0.2, -0.15) is 13.2 Å². The summed E-state index contributed by atoms with van der Waals surface area (Å²) < 4.78 is 40.6. The summed E-state index contributed by atoms with van der Waals surface area (Å²) in [5.41, 5.74) is 0.250. The number of likely N-dealkylation sites (tertiary alicyclic amines) is 1. The number of carbonyl (C=O) groups is 1. The van der Waals surface area contributed by atoms with Gasteiger partial charge in [-0.25, -0.2) is 0 Å². The van der Waals surface area contributed by atoms with Crippen molar-refractivity contribution in [2.45, 2.75) is 38.0 Å². The molecule has 1 aromatic heterocycles. The first-order valence-corrected chi connectivity index (χ1v) is 11.3. The van der Waals surface area contributed by atoms with Crippen molar-refractivity contribution in [2.75, 3.05) is 46.3 Å². The molecule has 5 nitrogen and oxygen atoms in total. The third-order valence-electron chi connectivity index (χ3n) is 6.92. The molecule has 0 amide bonds. The SMILES string of the molecule is C[C@@H]1C[C@H](c2ccc(C(F)(F)F)c3ncccc23)CN(C(CC=O)N2CCN(C)CC2)C1. The Bertz CT molecular complexity index is 942. The first kappa shape index (κ1) is 23.1. The van der Waals surface area contributed by atoms with Crippen LogP contribution in [0.4, 0.5) is 13.2 Å². The second kappa shape index (κ2) is 9.45. The van der Waals surface area contributed by atoms with Gasteiger partial charge in [0.2, 0.25) is 0 Å². The third-order valence-corrected chi connectivity index (χ3v) is 6.92. The quantitative estimate of drug-likeness (QED) is 0.650. The van der Waals surface area contributed by atoms with E-state index >= 15 is 0 Å². The largest absolute Gasteiger partial charge is 0.418 e. The van der Waals surface area contributed by atoms with Gasteiger partial charge in [-0.05, 0) is 43.0 Å². The minimum absolute atomic E-state index is 0.0192. The van der Waals surface area contributed by atoms with E-state index in [1.165, 1.54) is 12.3 Å². The fourth-order valence-corrected chi connectivity index (χ4v) is 5.38. The molecule has 1 aromatic carbocycles. The van der Waals surface area contributed by atoms with E-state index in [1.807, 2.05) is 0 Å². The first-order valence-electron chi connectivity index (χ1n) is 11.3. The van der Waals surface area contributed by atoms with Gasteiger partial charge in [0, 0.05) is 57.3 Å². The Morgan fingerprint density at radius 3 is 2.56 bits per heavy atom. The van der Waals surface area contributed by atoms with Crippen LogP contribution in [0.3, 0.4) is 0 Å². The lowest BCUT2D eigenvalue weighted by molar-refractivity contribution is -0.136. The van der Waals surface area contributed by atoms with Gasteiger partial charge in [0.1, 0.15) is 6.29 Å². The predicted molar refractivity (Wildman–Crippen MR) is 118 cm³/mol. The molecule has 0 N–H and O–H groups in total. The highest BCUT2D eigenvalue weighted by atomic mass is 19.4. The summed E-state index contributed by atoms with van der Waals surface area (Å²) in [5.74, 6) is 0.471. The maximum Gasteiger partial charge on any atom is 0.418 e. The Kier molecular flexibility index (Phi) is 6.83. The number of rotatable bonds is 5. The average molecular weight is 449 g/mol. The first-order chi connectivity index (χ1) is 15.3. The summed E-state index contributed by atoms with van der Waals surface area (Å²) in [6.07, 6.45) is -0.640. The molecule has 2 saturated heterocycles. The summed E-state index contributed by atoms with van der Waals surface area (Å²) in [6.45, 7) is 7.57. The number of piperazine rings is 1. The van der Waals surface area contributed by atoms with E-state index in [9.17, 15) is 18.0 Å². The van der Waals surface area contributed by atoms with Crippen LogP contribution in [0.1, 0.15) is 36.8 Å². The fourth-order valence-electron chi connectivity index (χ4n) is 5.38. The zero-order chi connectivity index (χ0) is 22.9. The van der Waals surface area contributed by atoms with Gasteiger partial charge in [0.15, 0.2) is 0 Å². The number of pyridine rings is 1. The van der Waals surface area contributed by atoms with E-state index in [1.54, 1.807) is 18.2 Å². The van der Waals surface area contributed by atoms with E-state index < -0.39 is 11.7 Å². The highest BCUT2D eigenvalue weighted by Crippen LogP contribution is 2.40. The number of nitrogens with zero attached hydrogens (tertiary/aromatic N) is 4. The number of piperidine rings is 1. The third kappa shape index (κ3) is 4.82. The number of aldehydes is 1. The normalized spacial score (nSPS) is 25.2. The number of carbonyl (C=O) groups excluding carboxylic acids is 1. The van der Waals surface area contributed by atoms with Gasteiger partial charge in [-0.3, -0.25) is 14.8 Å². The van der Waals surface area contributed by atoms with Crippen molar-refractivity contribution in [3.63, 3.8) is 0 Å². The molecule has 0 aliphatic carbocycles. The molecule has 0 spiro atoms. The van der Waals surface area contributed by atoms with Crippen molar-refractivity contribution in [1.29, 1.82) is 0 Å². The van der Waals surface area contributed by atoms with Crippen molar-refractivity contribution >= 4 is 17.2 Å². The van der Waals surface area contributed by atoms with Crippen molar-refractivity contribution in [3.8, 4) is 0 Å². The summed E-state index contributed by atoms with van der Waals surface area (Å²) in [7, 11) is 2.11. The number of alkyl halides is 3. The number of aromatic nitrogens is 1. The van der Waals surface area contributed by atoms with Crippen LogP contribution in [-0.4, -0.2) is 78.5 Å². The number of hydrogen-bond donors (Lipinski definition) is 0. The van der Waals surface area contributed by atoms with Crippen LogP contribution in [-0.2, 0) is 11.0 Å². The van der Waals surface area contributed by atoms with E-state index in [0.29, 0.717) is 17.7 Å². The van der Waals surface area contributed by atoms with Crippen LogP contribution < -0.4 is 0 Å². The van der Waals surface area contributed by atoms with Gasteiger partial charge >= 0.3 is 6.18 Å². The lowest BCUT2D eigenvalue weighted by Crippen LogP contribution is -2.57. The Labute approximate surface area is 187 Å². The molecule has 2 aromatic rings. The minimum atomic E-state index is -4.44. The zero-order valence-corrected chi connectivity index (χ0v) is 18.7. The Balaban J connectivity index is 1.65. The van der Waals surface area contributed by atoms with E-state index in [4.69, 9.17) is 0 Å². The molecule has 3 heterocycles. The number of likely N-dealkylation sites (N-methyl/N-ethyl adjacent to an activating group) is 1. The summed E-state index contributed by atoms with van der Waals surface area (Å²) in [6, 6.07) is 6.27. The molecular weight excluding hydrogens is 417 g/mol. The predicted octanol–water partition coefficient (Wildman–Crippen LogP) is 3.84. The molecule has 4 rings (SSSR count). The topological polar surface area (TPSA) is 39.7 Å². The lowest BCUT2D eigenvalue weighted by atomic mass is 9.83. The molecule has 0 saturated carbocycles. The van der Waals surface area contributed by atoms with E-state index in [0.717, 1.165) is 57.5 Å². The monoisotopic (exact) mass is 448 g/mol. The Morgan fingerprint density at radius 1 is 1.12 bits per heavy atom. The number of hydrogen-bond acceptors (Lipinski definition) is 5. The standard InChI is InChI=1S/C24H31F3N4O/c1-17-14-18(16-31(15-17)22(7-13-32)30-11-9-29(2)10-12-30)19-5-6-21(24(25,26)27)23-20(19)4-3-8-28-23/h3-6,8,13,17-18,22H,7,9-12,14-16H2,1-2H3/t17-,18+,22?/m1/s1. The van der Waals surface area contributed by atoms with Crippen molar-refractivity contribution < 1.29 is 18.0 Å². The number of halogens is 3. The molecule has 2 fully saturated rings. The number of benzene rings is 1. The summed E-state index contributed by atoms with van der Waals surface area (Å²) in [4.78, 5) is 22.7. The van der Waals surface area contributed by atoms with Crippen LogP contribution in [0.2, 0.25) is 0 Å². The highest BCUT2D eigenvalue weighted by Gasteiger charge is 2.37. The maximum absolute atomic E-state index is 13.5. The summed E-state index contributed by atoms with van der Waals surface area (Å²) in [5, 5.41) is 0.577. The molecule has 1 unspecified atom stereocenters. The van der Waals surface area contributed by atoms with Gasteiger partial charge in [-0.1, -0.05) is 19.1 Å². The van der Waals surface area contributed by atoms with Crippen molar-refractivity contribution in [3.05, 3.63) is 41.6 Å². The maximum atomic E-state index is 13.5. The molecule has 2 aliphatic rings. The molecule has 174 valence electrons. The Hall–Kier alpha value is -2.03. The van der Waals surface area contributed by atoms with Crippen LogP contribution >= 0.6 is 0 Å². The van der Waals surface area contributed by atoms with E-state index in [-0.39, 0.29) is 17.6 Å². The van der Waals surface area contributed by atoms with E-state index in [2.05, 4.69) is 33.7 Å². The lowest BCUT2D eigenvalue weighted by Gasteiger charge is -2.47. The van der Waals surface area contributed by atoms with Crippen LogP contribution in [0.25, 0.3) is 10.9 Å². The van der Waals surface area contributed by atoms with Gasteiger partial charge in [-0.15, -0.1) is 0 Å². The van der Waals surface area contributed by atoms with Crippen molar-refractivity contribution in [1.82, 2.24) is 19.7 Å². The van der Waals surface area contributed by atoms with Gasteiger partial charge in [0.05, 0.1) is 17.2 Å². The van der Waals surface area contributed by atoms with Crippen LogP contribution in [0.5, 0.6) is 0 Å². The average Bonchev–Trinajstić information content (AvgIpc) is 2.76. The number of fused-ring (bicyclic) bond motifs is 1. The Morgan fingerprint density at radius 2 is 1.88 bits per heavy atom. The van der Waals surface area contributed by atoms with Crippen LogP contribution in [0.15, 0.2) is 30.5 Å². The molecule has 0 radical (unpaired) electrons. The molecule has 32 heavy (non-hydrogen) atoms. The van der Waals surface area contributed by atoms with Crippen LogP contribution in [0, 0.1) is 5.92 Å². The second-order valence-electron chi connectivity index (χ2n) is 9.31. The molecule has 3 atom stereocenters. The van der Waals surface area contributed by atoms with Crippen molar-refractivity contribution in [2.24, 2.45) is 5.92 Å². The molecular formula is C24H31F3N4O. The molecule has 8 heteroatoms. The molecule has 2 aliphatic heterocycles. The minimum Gasteiger partial charge on any atom is -0.304 e. The fraction of sp³-hybridized carbons (Fsp3) is 0.583. The molecule has 0 bridgehead atoms. The summed E-state index contributed by atoms with van der Waals surface area (Å²) >= 11 is 0. The smallest absolute Gasteiger partial charge is 0.304 e. The van der Waals surface area contributed by atoms with Gasteiger partial charge < -0.3 is 9.69 Å². The highest BCUT2D eigenvalue weighted by molar-refractivity contribution is 5.86.